The van der Waals surface area contributed by atoms with Gasteiger partial charge < -0.3 is 5.73 Å². The number of rotatable bonds is 4. The highest BCUT2D eigenvalue weighted by Crippen LogP contribution is 2.21. The Morgan fingerprint density at radius 3 is 2.61 bits per heavy atom. The number of carbonyl (C=O) groups is 1. The third-order valence-electron chi connectivity index (χ3n) is 3.48. The van der Waals surface area contributed by atoms with E-state index in [1.54, 1.807) is 0 Å². The third kappa shape index (κ3) is 3.30. The second kappa shape index (κ2) is 6.50. The Morgan fingerprint density at radius 1 is 1.11 bits per heavy atom. The minimum absolute atomic E-state index is 0.205. The first-order chi connectivity index (χ1) is 8.81. The molecule has 96 valence electrons. The molecule has 0 spiro atoms. The topological polar surface area (TPSA) is 43.1 Å². The first kappa shape index (κ1) is 13.0. The van der Waals surface area contributed by atoms with Gasteiger partial charge >= 0.3 is 0 Å². The molecule has 0 saturated carbocycles. The van der Waals surface area contributed by atoms with E-state index in [0.29, 0.717) is 6.54 Å². The predicted octanol–water partition coefficient (Wildman–Crippen LogP) is 3.26. The molecule has 0 radical (unpaired) electrons. The van der Waals surface area contributed by atoms with Gasteiger partial charge in [0.05, 0.1) is 0 Å². The maximum Gasteiger partial charge on any atom is 0.188 e. The highest BCUT2D eigenvalue weighted by Gasteiger charge is 2.13. The van der Waals surface area contributed by atoms with Crippen LogP contribution in [0.1, 0.15) is 48.0 Å². The Labute approximate surface area is 109 Å². The van der Waals surface area contributed by atoms with Gasteiger partial charge in [-0.05, 0) is 49.8 Å². The molecule has 0 aromatic heterocycles. The maximum absolute atomic E-state index is 12.3. The fourth-order valence-electron chi connectivity index (χ4n) is 2.40. The van der Waals surface area contributed by atoms with Gasteiger partial charge in [-0.2, -0.15) is 0 Å². The van der Waals surface area contributed by atoms with Gasteiger partial charge in [-0.15, -0.1) is 0 Å². The molecular weight excluding hydrogens is 222 g/mol. The number of Topliss-reactive ketones (excluding diaryl/α,β-unsaturated/α-hetero) is 1. The molecule has 0 fully saturated rings. The lowest BCUT2D eigenvalue weighted by molar-refractivity contribution is 0.103. The number of benzene rings is 1. The van der Waals surface area contributed by atoms with Crippen molar-refractivity contribution < 1.29 is 4.79 Å². The van der Waals surface area contributed by atoms with E-state index in [0.717, 1.165) is 36.8 Å². The number of hydrogen-bond acceptors (Lipinski definition) is 2. The maximum atomic E-state index is 12.3. The van der Waals surface area contributed by atoms with Crippen LogP contribution in [0.2, 0.25) is 0 Å². The molecular formula is C16H21NO. The lowest BCUT2D eigenvalue weighted by Gasteiger charge is -2.05. The summed E-state index contributed by atoms with van der Waals surface area (Å²) in [5, 5.41) is 0. The van der Waals surface area contributed by atoms with Crippen LogP contribution in [-0.2, 0) is 6.42 Å². The monoisotopic (exact) mass is 243 g/mol. The minimum atomic E-state index is 0.205. The van der Waals surface area contributed by atoms with Crippen molar-refractivity contribution in [2.24, 2.45) is 5.73 Å². The second-order valence-electron chi connectivity index (χ2n) is 4.89. The minimum Gasteiger partial charge on any atom is -0.330 e. The number of ketones is 1. The van der Waals surface area contributed by atoms with Gasteiger partial charge in [-0.1, -0.05) is 36.8 Å². The van der Waals surface area contributed by atoms with Gasteiger partial charge in [0.25, 0.3) is 0 Å². The van der Waals surface area contributed by atoms with Crippen molar-refractivity contribution in [1.82, 2.24) is 0 Å². The number of hydrogen-bond donors (Lipinski definition) is 1. The average molecular weight is 243 g/mol. The SMILES string of the molecule is NCCc1ccc(C(=O)C2=CCCCCC2)cc1. The molecule has 18 heavy (non-hydrogen) atoms. The van der Waals surface area contributed by atoms with Crippen LogP contribution in [0.15, 0.2) is 35.9 Å². The first-order valence-electron chi connectivity index (χ1n) is 6.84. The quantitative estimate of drug-likeness (QED) is 0.825. The zero-order valence-electron chi connectivity index (χ0n) is 10.8. The lowest BCUT2D eigenvalue weighted by atomic mass is 9.98. The highest BCUT2D eigenvalue weighted by atomic mass is 16.1. The Bertz CT molecular complexity index is 431. The largest absolute Gasteiger partial charge is 0.330 e. The molecule has 1 aromatic carbocycles. The zero-order valence-corrected chi connectivity index (χ0v) is 10.8. The molecule has 0 heterocycles. The van der Waals surface area contributed by atoms with Crippen LogP contribution in [0.4, 0.5) is 0 Å². The Kier molecular flexibility index (Phi) is 4.71. The van der Waals surface area contributed by atoms with E-state index in [1.165, 1.54) is 18.4 Å². The summed E-state index contributed by atoms with van der Waals surface area (Å²) in [5.74, 6) is 0.205. The van der Waals surface area contributed by atoms with Crippen LogP contribution in [0.25, 0.3) is 0 Å². The summed E-state index contributed by atoms with van der Waals surface area (Å²) in [6.45, 7) is 0.651. The summed E-state index contributed by atoms with van der Waals surface area (Å²) in [5.41, 5.74) is 8.52. The molecule has 0 bridgehead atoms. The van der Waals surface area contributed by atoms with Crippen molar-refractivity contribution in [3.63, 3.8) is 0 Å². The number of carbonyl (C=O) groups excluding carboxylic acids is 1. The predicted molar refractivity (Wildman–Crippen MR) is 74.7 cm³/mol. The van der Waals surface area contributed by atoms with E-state index >= 15 is 0 Å². The van der Waals surface area contributed by atoms with Gasteiger partial charge in [0.15, 0.2) is 5.78 Å². The molecule has 2 N–H and O–H groups in total. The van der Waals surface area contributed by atoms with E-state index in [1.807, 2.05) is 24.3 Å². The smallest absolute Gasteiger partial charge is 0.188 e. The normalized spacial score (nSPS) is 15.9. The van der Waals surface area contributed by atoms with E-state index in [9.17, 15) is 4.79 Å². The van der Waals surface area contributed by atoms with Gasteiger partial charge in [0.1, 0.15) is 0 Å². The van der Waals surface area contributed by atoms with Gasteiger partial charge in [-0.3, -0.25) is 4.79 Å². The standard InChI is InChI=1S/C16H21NO/c17-12-11-13-7-9-15(10-8-13)16(18)14-5-3-1-2-4-6-14/h5,7-10H,1-4,6,11-12,17H2. The Morgan fingerprint density at radius 2 is 1.89 bits per heavy atom. The molecule has 0 saturated heterocycles. The molecule has 2 nitrogen and oxygen atoms in total. The molecule has 0 aliphatic heterocycles. The first-order valence-corrected chi connectivity index (χ1v) is 6.84. The molecule has 0 unspecified atom stereocenters. The molecule has 1 aliphatic rings. The van der Waals surface area contributed by atoms with Gasteiger partial charge in [0, 0.05) is 5.56 Å². The van der Waals surface area contributed by atoms with E-state index < -0.39 is 0 Å². The van der Waals surface area contributed by atoms with Crippen molar-refractivity contribution in [2.45, 2.75) is 38.5 Å². The van der Waals surface area contributed by atoms with Gasteiger partial charge in [0.2, 0.25) is 0 Å². The number of nitrogens with two attached hydrogens (primary N) is 1. The fraction of sp³-hybridized carbons (Fsp3) is 0.438. The Balaban J connectivity index is 2.10. The van der Waals surface area contributed by atoms with Crippen molar-refractivity contribution in [3.05, 3.63) is 47.0 Å². The lowest BCUT2D eigenvalue weighted by Crippen LogP contribution is -2.05. The summed E-state index contributed by atoms with van der Waals surface area (Å²) in [6.07, 6.45) is 8.58. The summed E-state index contributed by atoms with van der Waals surface area (Å²) >= 11 is 0. The number of allylic oxidation sites excluding steroid dienone is 2. The third-order valence-corrected chi connectivity index (χ3v) is 3.48. The summed E-state index contributed by atoms with van der Waals surface area (Å²) in [7, 11) is 0. The van der Waals surface area contributed by atoms with Crippen LogP contribution >= 0.6 is 0 Å². The van der Waals surface area contributed by atoms with Crippen LogP contribution in [0, 0.1) is 0 Å². The summed E-state index contributed by atoms with van der Waals surface area (Å²) in [6, 6.07) is 7.88. The zero-order chi connectivity index (χ0) is 12.8. The van der Waals surface area contributed by atoms with Crippen LogP contribution in [0.3, 0.4) is 0 Å². The summed E-state index contributed by atoms with van der Waals surface area (Å²) in [4.78, 5) is 12.3. The molecule has 1 aromatic rings. The summed E-state index contributed by atoms with van der Waals surface area (Å²) < 4.78 is 0. The van der Waals surface area contributed by atoms with Crippen molar-refractivity contribution in [1.29, 1.82) is 0 Å². The fourth-order valence-corrected chi connectivity index (χ4v) is 2.40. The van der Waals surface area contributed by atoms with Crippen molar-refractivity contribution in [3.8, 4) is 0 Å². The van der Waals surface area contributed by atoms with Crippen LogP contribution in [0.5, 0.6) is 0 Å². The van der Waals surface area contributed by atoms with Crippen LogP contribution < -0.4 is 5.73 Å². The molecule has 0 atom stereocenters. The van der Waals surface area contributed by atoms with E-state index in [2.05, 4.69) is 6.08 Å². The van der Waals surface area contributed by atoms with Crippen LogP contribution in [-0.4, -0.2) is 12.3 Å². The average Bonchev–Trinajstić information content (AvgIpc) is 2.68. The van der Waals surface area contributed by atoms with Gasteiger partial charge in [-0.25, -0.2) is 0 Å². The van der Waals surface area contributed by atoms with Crippen molar-refractivity contribution >= 4 is 5.78 Å². The Hall–Kier alpha value is -1.41. The molecule has 1 aliphatic carbocycles. The molecule has 2 heteroatoms. The van der Waals surface area contributed by atoms with E-state index in [4.69, 9.17) is 5.73 Å². The highest BCUT2D eigenvalue weighted by molar-refractivity contribution is 6.08. The molecule has 0 amide bonds. The molecule has 2 rings (SSSR count). The second-order valence-corrected chi connectivity index (χ2v) is 4.89. The van der Waals surface area contributed by atoms with E-state index in [-0.39, 0.29) is 5.78 Å². The van der Waals surface area contributed by atoms with Crippen molar-refractivity contribution in [2.75, 3.05) is 6.54 Å².